The number of hydrogen-bond acceptors (Lipinski definition) is 2. The predicted molar refractivity (Wildman–Crippen MR) is 65.3 cm³/mol. The maximum Gasteiger partial charge on any atom is 0.214 e. The van der Waals surface area contributed by atoms with E-state index >= 15 is 0 Å². The Morgan fingerprint density at radius 1 is 1.20 bits per heavy atom. The number of pyridine rings is 1. The summed E-state index contributed by atoms with van der Waals surface area (Å²) in [6.45, 7) is 0.524. The zero-order valence-electron chi connectivity index (χ0n) is 8.06. The fraction of sp³-hybridized carbons (Fsp3) is 0.0833. The van der Waals surface area contributed by atoms with E-state index < -0.39 is 0 Å². The third-order valence-electron chi connectivity index (χ3n) is 1.99. The molecule has 0 atom stereocenters. The van der Waals surface area contributed by atoms with Crippen LogP contribution >= 0.6 is 15.9 Å². The van der Waals surface area contributed by atoms with E-state index in [1.807, 2.05) is 42.5 Å². The van der Waals surface area contributed by atoms with Crippen molar-refractivity contribution >= 4 is 26.8 Å². The third kappa shape index (κ3) is 2.57. The average Bonchev–Trinajstić information content (AvgIpc) is 2.29. The molecular formula is C12H10BrNO. The van der Waals surface area contributed by atoms with Crippen LogP contribution in [0.15, 0.2) is 47.5 Å². The first-order valence-corrected chi connectivity index (χ1v) is 5.55. The van der Waals surface area contributed by atoms with E-state index in [0.717, 1.165) is 10.9 Å². The van der Waals surface area contributed by atoms with Gasteiger partial charge in [-0.25, -0.2) is 4.98 Å². The molecule has 0 aliphatic rings. The Labute approximate surface area is 96.7 Å². The summed E-state index contributed by atoms with van der Waals surface area (Å²) in [4.78, 5) is 6.15. The highest BCUT2D eigenvalue weighted by atomic mass is 79.9. The molecule has 1 heterocycles. The molecule has 2 nitrogen and oxygen atoms in total. The minimum Gasteiger partial charge on any atom is -0.473 e. The van der Waals surface area contributed by atoms with Gasteiger partial charge < -0.3 is 4.74 Å². The quantitative estimate of drug-likeness (QED) is 0.846. The van der Waals surface area contributed by atoms with Gasteiger partial charge in [-0.05, 0) is 23.2 Å². The minimum atomic E-state index is 0.524. The van der Waals surface area contributed by atoms with Crippen molar-refractivity contribution in [3.63, 3.8) is 0 Å². The second-order valence-electron chi connectivity index (χ2n) is 3.01. The molecule has 3 heteroatoms. The molecule has 0 unspecified atom stereocenters. The van der Waals surface area contributed by atoms with Crippen molar-refractivity contribution in [1.29, 1.82) is 0 Å². The molecular weight excluding hydrogens is 254 g/mol. The van der Waals surface area contributed by atoms with E-state index in [1.165, 1.54) is 0 Å². The zero-order chi connectivity index (χ0) is 10.5. The van der Waals surface area contributed by atoms with Crippen LogP contribution < -0.4 is 4.74 Å². The molecule has 0 radical (unpaired) electrons. The van der Waals surface area contributed by atoms with E-state index in [4.69, 9.17) is 4.74 Å². The number of para-hydroxylation sites is 1. The van der Waals surface area contributed by atoms with Crippen molar-refractivity contribution in [2.24, 2.45) is 0 Å². The smallest absolute Gasteiger partial charge is 0.214 e. The molecule has 0 fully saturated rings. The zero-order valence-corrected chi connectivity index (χ0v) is 9.65. The summed E-state index contributed by atoms with van der Waals surface area (Å²) < 4.78 is 5.43. The van der Waals surface area contributed by atoms with E-state index in [9.17, 15) is 0 Å². The van der Waals surface area contributed by atoms with Gasteiger partial charge >= 0.3 is 0 Å². The van der Waals surface area contributed by atoms with Gasteiger partial charge in [-0.2, -0.15) is 0 Å². The highest BCUT2D eigenvalue weighted by molar-refractivity contribution is 9.11. The molecule has 0 amide bonds. The first-order chi connectivity index (χ1) is 7.40. The molecule has 15 heavy (non-hydrogen) atoms. The lowest BCUT2D eigenvalue weighted by atomic mass is 10.2. The number of fused-ring (bicyclic) bond motifs is 1. The normalized spacial score (nSPS) is 11.0. The summed E-state index contributed by atoms with van der Waals surface area (Å²) in [6, 6.07) is 11.9. The van der Waals surface area contributed by atoms with Gasteiger partial charge in [0.05, 0.1) is 5.52 Å². The highest BCUT2D eigenvalue weighted by Gasteiger charge is 1.96. The molecule has 0 saturated heterocycles. The summed E-state index contributed by atoms with van der Waals surface area (Å²) in [5.41, 5.74) is 0.956. The van der Waals surface area contributed by atoms with Gasteiger partial charge in [0.15, 0.2) is 0 Å². The van der Waals surface area contributed by atoms with Crippen LogP contribution in [-0.2, 0) is 0 Å². The van der Waals surface area contributed by atoms with Crippen molar-refractivity contribution in [1.82, 2.24) is 4.98 Å². The first-order valence-electron chi connectivity index (χ1n) is 4.64. The van der Waals surface area contributed by atoms with Gasteiger partial charge in [0, 0.05) is 11.5 Å². The van der Waals surface area contributed by atoms with Gasteiger partial charge in [0.1, 0.15) is 6.61 Å². The molecule has 1 aromatic carbocycles. The van der Waals surface area contributed by atoms with Crippen molar-refractivity contribution in [2.45, 2.75) is 0 Å². The molecule has 0 N–H and O–H groups in total. The molecule has 0 saturated carbocycles. The lowest BCUT2D eigenvalue weighted by Crippen LogP contribution is -1.95. The second kappa shape index (κ2) is 4.94. The van der Waals surface area contributed by atoms with Crippen LogP contribution in [0.2, 0.25) is 0 Å². The van der Waals surface area contributed by atoms with Crippen LogP contribution in [0.1, 0.15) is 0 Å². The Hall–Kier alpha value is -1.35. The number of hydrogen-bond donors (Lipinski definition) is 0. The maximum absolute atomic E-state index is 5.43. The number of rotatable bonds is 3. The van der Waals surface area contributed by atoms with Crippen molar-refractivity contribution in [3.05, 3.63) is 47.5 Å². The molecule has 0 bridgehead atoms. The van der Waals surface area contributed by atoms with E-state index in [0.29, 0.717) is 12.5 Å². The molecule has 0 aliphatic heterocycles. The summed E-state index contributed by atoms with van der Waals surface area (Å²) in [6.07, 6.45) is 1.87. The first kappa shape index (κ1) is 10.2. The van der Waals surface area contributed by atoms with Gasteiger partial charge in [-0.3, -0.25) is 0 Å². The van der Waals surface area contributed by atoms with Crippen LogP contribution in [0.25, 0.3) is 10.9 Å². The third-order valence-corrected chi connectivity index (χ3v) is 2.36. The number of benzene rings is 1. The number of ether oxygens (including phenoxy) is 1. The topological polar surface area (TPSA) is 22.1 Å². The van der Waals surface area contributed by atoms with E-state index in [2.05, 4.69) is 20.9 Å². The molecule has 0 aliphatic carbocycles. The Morgan fingerprint density at radius 2 is 2.07 bits per heavy atom. The Balaban J connectivity index is 2.23. The van der Waals surface area contributed by atoms with Crippen LogP contribution in [-0.4, -0.2) is 11.6 Å². The van der Waals surface area contributed by atoms with Crippen molar-refractivity contribution in [3.8, 4) is 5.88 Å². The number of halogens is 1. The lowest BCUT2D eigenvalue weighted by Gasteiger charge is -2.03. The molecule has 2 aromatic rings. The number of aromatic nitrogens is 1. The Kier molecular flexibility index (Phi) is 3.35. The van der Waals surface area contributed by atoms with Crippen LogP contribution in [0.3, 0.4) is 0 Å². The second-order valence-corrected chi connectivity index (χ2v) is 3.54. The standard InChI is InChI=1S/C12H10BrNO/c13-8-3-9-15-12-7-6-10-4-1-2-5-11(10)14-12/h1-8H,9H2/b8-3+. The average molecular weight is 264 g/mol. The summed E-state index contributed by atoms with van der Waals surface area (Å²) in [5.74, 6) is 0.652. The van der Waals surface area contributed by atoms with Gasteiger partial charge in [0.25, 0.3) is 0 Å². The molecule has 1 aromatic heterocycles. The fourth-order valence-electron chi connectivity index (χ4n) is 1.30. The summed E-state index contributed by atoms with van der Waals surface area (Å²) in [7, 11) is 0. The van der Waals surface area contributed by atoms with Gasteiger partial charge in [0.2, 0.25) is 5.88 Å². The monoisotopic (exact) mass is 263 g/mol. The SMILES string of the molecule is Br/C=C/COc1ccc2ccccc2n1. The van der Waals surface area contributed by atoms with Gasteiger partial charge in [-0.15, -0.1) is 0 Å². The lowest BCUT2D eigenvalue weighted by molar-refractivity contribution is 0.350. The largest absolute Gasteiger partial charge is 0.473 e. The van der Waals surface area contributed by atoms with Crippen LogP contribution in [0.4, 0.5) is 0 Å². The number of nitrogens with zero attached hydrogens (tertiary/aromatic N) is 1. The fourth-order valence-corrected chi connectivity index (χ4v) is 1.45. The Bertz CT molecular complexity index is 482. The predicted octanol–water partition coefficient (Wildman–Crippen LogP) is 3.52. The van der Waals surface area contributed by atoms with Crippen LogP contribution in [0.5, 0.6) is 5.88 Å². The minimum absolute atomic E-state index is 0.524. The van der Waals surface area contributed by atoms with Gasteiger partial charge in [-0.1, -0.05) is 34.1 Å². The van der Waals surface area contributed by atoms with Crippen LogP contribution in [0, 0.1) is 0 Å². The van der Waals surface area contributed by atoms with Crippen molar-refractivity contribution in [2.75, 3.05) is 6.61 Å². The van der Waals surface area contributed by atoms with E-state index in [-0.39, 0.29) is 0 Å². The molecule has 76 valence electrons. The van der Waals surface area contributed by atoms with Crippen molar-refractivity contribution < 1.29 is 4.74 Å². The Morgan fingerprint density at radius 3 is 2.93 bits per heavy atom. The molecule has 0 spiro atoms. The maximum atomic E-state index is 5.43. The summed E-state index contributed by atoms with van der Waals surface area (Å²) in [5, 5.41) is 1.13. The highest BCUT2D eigenvalue weighted by Crippen LogP contribution is 2.15. The molecule has 2 rings (SSSR count). The van der Waals surface area contributed by atoms with E-state index in [1.54, 1.807) is 4.99 Å². The summed E-state index contributed by atoms with van der Waals surface area (Å²) >= 11 is 3.18.